The molecule has 3 N–H and O–H groups in total. The molecule has 0 radical (unpaired) electrons. The van der Waals surface area contributed by atoms with E-state index in [2.05, 4.69) is 280 Å². The lowest BCUT2D eigenvalue weighted by molar-refractivity contribution is 0.302. The van der Waals surface area contributed by atoms with Gasteiger partial charge in [0.05, 0.1) is 33.6 Å². The Morgan fingerprint density at radius 2 is 0.802 bits per heavy atom. The maximum atomic E-state index is 6.01. The normalized spacial score (nSPS) is 11.6. The molecule has 492 valence electrons. The van der Waals surface area contributed by atoms with Gasteiger partial charge in [0.25, 0.3) is 0 Å². The van der Waals surface area contributed by atoms with Crippen molar-refractivity contribution in [2.24, 2.45) is 0 Å². The van der Waals surface area contributed by atoms with Crippen molar-refractivity contribution in [3.05, 3.63) is 345 Å². The van der Waals surface area contributed by atoms with E-state index < -0.39 is 0 Å². The SMILES string of the molecule is C(=Cc1ccc(SCc2ccc3ccccc3n2)cc1)Cc1cccc(C=Cc2nn[nH]n2)c1.C(=Cc1cccc(SCc2ccc3ccccc3n2)c1)c1cccc(C=Cc2nn[nH]n2)c1.Cc1cc(C=Cc2nn[nH]n2)ccc1C=Cc1cccc(OCc2ccc3ccccc3n2)c1. The Balaban J connectivity index is 0.000000135. The molecule has 0 aliphatic rings. The molecule has 0 fully saturated rings. The first-order chi connectivity index (χ1) is 49.9. The number of tetrazole rings is 3. The van der Waals surface area contributed by atoms with Gasteiger partial charge < -0.3 is 4.74 Å². The van der Waals surface area contributed by atoms with E-state index in [4.69, 9.17) is 14.7 Å². The highest BCUT2D eigenvalue weighted by Crippen LogP contribution is 2.28. The number of nitrogens with one attached hydrogen (secondary N) is 3. The number of para-hydroxylation sites is 3. The van der Waals surface area contributed by atoms with Crippen LogP contribution in [0.5, 0.6) is 5.75 Å². The minimum absolute atomic E-state index is 0.427. The highest BCUT2D eigenvalue weighted by molar-refractivity contribution is 7.98. The van der Waals surface area contributed by atoms with Gasteiger partial charge in [-0.25, -0.2) is 4.98 Å². The lowest BCUT2D eigenvalue weighted by atomic mass is 10.0. The minimum Gasteiger partial charge on any atom is -0.487 e. The molecule has 9 aromatic carbocycles. The molecule has 0 spiro atoms. The molecular weight excluding hydrogens is 1290 g/mol. The van der Waals surface area contributed by atoms with Crippen molar-refractivity contribution in [2.75, 3.05) is 0 Å². The van der Waals surface area contributed by atoms with Gasteiger partial charge in [0.2, 0.25) is 0 Å². The Hall–Kier alpha value is -12.6. The van der Waals surface area contributed by atoms with E-state index in [1.165, 1.54) is 42.8 Å². The second-order valence-corrected chi connectivity index (χ2v) is 25.3. The second kappa shape index (κ2) is 34.5. The Kier molecular flexibility index (Phi) is 22.9. The number of aromatic nitrogens is 15. The van der Waals surface area contributed by atoms with Crippen molar-refractivity contribution in [2.45, 2.75) is 41.2 Å². The van der Waals surface area contributed by atoms with Crippen molar-refractivity contribution >= 4 is 123 Å². The maximum Gasteiger partial charge on any atom is 0.197 e. The largest absolute Gasteiger partial charge is 0.487 e. The topological polar surface area (TPSA) is 211 Å². The molecule has 0 amide bonds. The summed E-state index contributed by atoms with van der Waals surface area (Å²) in [5.41, 5.74) is 17.6. The number of pyridine rings is 3. The molecule has 15 aromatic rings. The van der Waals surface area contributed by atoms with Crippen LogP contribution in [0, 0.1) is 6.92 Å². The lowest BCUT2D eigenvalue weighted by Gasteiger charge is -2.08. The zero-order chi connectivity index (χ0) is 68.5. The molecule has 6 heterocycles. The fourth-order valence-corrected chi connectivity index (χ4v) is 12.3. The highest BCUT2D eigenvalue weighted by atomic mass is 32.2. The molecule has 0 saturated carbocycles. The Morgan fingerprint density at radius 3 is 1.37 bits per heavy atom. The van der Waals surface area contributed by atoms with Gasteiger partial charge in [-0.15, -0.1) is 54.1 Å². The summed E-state index contributed by atoms with van der Waals surface area (Å²) in [7, 11) is 0. The van der Waals surface area contributed by atoms with Crippen LogP contribution in [0.1, 0.15) is 90.2 Å². The number of allylic oxidation sites excluding steroid dienone is 1. The average Bonchev–Trinajstić information content (AvgIpc) is 1.08. The van der Waals surface area contributed by atoms with Gasteiger partial charge in [0.1, 0.15) is 12.4 Å². The van der Waals surface area contributed by atoms with E-state index in [-0.39, 0.29) is 0 Å². The van der Waals surface area contributed by atoms with Crippen molar-refractivity contribution in [3.63, 3.8) is 0 Å². The number of hydrogen-bond acceptors (Lipinski definition) is 15. The summed E-state index contributed by atoms with van der Waals surface area (Å²) in [6, 6.07) is 85.5. The van der Waals surface area contributed by atoms with Crippen LogP contribution in [0.4, 0.5) is 0 Å². The van der Waals surface area contributed by atoms with Gasteiger partial charge in [-0.1, -0.05) is 225 Å². The molecule has 18 heteroatoms. The smallest absolute Gasteiger partial charge is 0.197 e. The number of benzene rings is 9. The highest BCUT2D eigenvalue weighted by Gasteiger charge is 2.07. The summed E-state index contributed by atoms with van der Waals surface area (Å²) in [6.45, 7) is 2.53. The number of aryl methyl sites for hydroxylation is 1. The van der Waals surface area contributed by atoms with Crippen LogP contribution >= 0.6 is 23.5 Å². The van der Waals surface area contributed by atoms with Crippen LogP contribution in [0.2, 0.25) is 0 Å². The third-order valence-corrected chi connectivity index (χ3v) is 17.9. The molecule has 16 nitrogen and oxygen atoms in total. The first kappa shape index (κ1) is 67.0. The van der Waals surface area contributed by atoms with Crippen LogP contribution in [-0.4, -0.2) is 76.8 Å². The van der Waals surface area contributed by atoms with E-state index in [1.54, 1.807) is 11.8 Å². The van der Waals surface area contributed by atoms with Gasteiger partial charge in [-0.2, -0.15) is 15.6 Å². The fraction of sp³-hybridized carbons (Fsp3) is 0.0602. The maximum absolute atomic E-state index is 6.01. The van der Waals surface area contributed by atoms with Gasteiger partial charge in [-0.3, -0.25) is 9.97 Å². The predicted molar refractivity (Wildman–Crippen MR) is 412 cm³/mol. The molecule has 6 aromatic heterocycles. The van der Waals surface area contributed by atoms with Crippen molar-refractivity contribution in [1.82, 2.24) is 76.8 Å². The summed E-state index contributed by atoms with van der Waals surface area (Å²) in [5, 5.41) is 45.1. The Morgan fingerprint density at radius 1 is 0.347 bits per heavy atom. The molecule has 0 aliphatic carbocycles. The van der Waals surface area contributed by atoms with Crippen LogP contribution < -0.4 is 4.74 Å². The second-order valence-electron chi connectivity index (χ2n) is 23.2. The van der Waals surface area contributed by atoms with Gasteiger partial charge in [0.15, 0.2) is 17.5 Å². The molecule has 15 rings (SSSR count). The van der Waals surface area contributed by atoms with E-state index in [0.29, 0.717) is 24.1 Å². The van der Waals surface area contributed by atoms with Crippen LogP contribution in [0.3, 0.4) is 0 Å². The summed E-state index contributed by atoms with van der Waals surface area (Å²) in [4.78, 5) is 16.7. The minimum atomic E-state index is 0.427. The van der Waals surface area contributed by atoms with E-state index in [9.17, 15) is 0 Å². The lowest BCUT2D eigenvalue weighted by Crippen LogP contribution is -1.98. The van der Waals surface area contributed by atoms with Crippen LogP contribution in [0.25, 0.3) is 99.5 Å². The molecule has 0 unspecified atom stereocenters. The summed E-state index contributed by atoms with van der Waals surface area (Å²) in [6.07, 6.45) is 25.1. The number of thioether (sulfide) groups is 2. The van der Waals surface area contributed by atoms with Crippen molar-refractivity contribution in [1.29, 1.82) is 0 Å². The Bertz CT molecular complexity index is 5380. The fourth-order valence-electron chi connectivity index (χ4n) is 10.7. The number of fused-ring (bicyclic) bond motifs is 3. The first-order valence-electron chi connectivity index (χ1n) is 32.7. The summed E-state index contributed by atoms with van der Waals surface area (Å²) < 4.78 is 6.01. The zero-order valence-corrected chi connectivity index (χ0v) is 56.7. The standard InChI is InChI=1S/C28H23N5O.C28H23N5S.C27H21N5S/c1-20-17-22(11-16-28-30-32-33-31-28)10-13-23(20)12-9-21-5-4-7-26(18-21)34-19-25-15-14-24-6-2-3-8-27(24)29-25;1-2-10-27-24(9-1)14-15-25(29-27)20-34-26-16-11-21(12-17-26)5-3-6-22-7-4-8-23(19-22)13-18-28-30-32-33-31-28;1-2-10-26-23(8-1)14-15-24(28-26)19-33-25-9-4-7-22(18-25)12-11-20-5-3-6-21(17-20)13-16-27-29-31-32-30-27/h2-18H,19H2,1H3,(H,30,31,32,33);1-5,7-19H,6,20H2,(H,30,31,32,33);1-18H,19H2,(H,29,30,31,32). The van der Waals surface area contributed by atoms with Crippen molar-refractivity contribution in [3.8, 4) is 5.75 Å². The van der Waals surface area contributed by atoms with E-state index >= 15 is 0 Å². The number of H-pyrrole nitrogens is 3. The quantitative estimate of drug-likeness (QED) is 0.0425. The molecule has 0 atom stereocenters. The number of nitrogens with zero attached hydrogens (tertiary/aromatic N) is 12. The molecule has 0 saturated heterocycles. The number of ether oxygens (including phenoxy) is 1. The first-order valence-corrected chi connectivity index (χ1v) is 34.6. The number of hydrogen-bond donors (Lipinski definition) is 3. The van der Waals surface area contributed by atoms with Crippen LogP contribution in [0.15, 0.2) is 265 Å². The monoisotopic (exact) mass is 1350 g/mol. The van der Waals surface area contributed by atoms with Gasteiger partial charge >= 0.3 is 0 Å². The molecule has 0 bridgehead atoms. The summed E-state index contributed by atoms with van der Waals surface area (Å²) >= 11 is 3.61. The average molecular weight is 1350 g/mol. The molecular formula is C83H67N15OS2. The van der Waals surface area contributed by atoms with Crippen molar-refractivity contribution < 1.29 is 4.74 Å². The van der Waals surface area contributed by atoms with Gasteiger partial charge in [-0.05, 0) is 182 Å². The zero-order valence-electron chi connectivity index (χ0n) is 55.0. The number of aromatic amines is 3. The summed E-state index contributed by atoms with van der Waals surface area (Å²) in [5.74, 6) is 4.20. The third-order valence-electron chi connectivity index (χ3n) is 15.8. The van der Waals surface area contributed by atoms with Crippen LogP contribution in [-0.2, 0) is 24.5 Å². The number of rotatable bonds is 22. The predicted octanol–water partition coefficient (Wildman–Crippen LogP) is 18.8. The molecule has 101 heavy (non-hydrogen) atoms. The van der Waals surface area contributed by atoms with E-state index in [0.717, 1.165) is 96.1 Å². The van der Waals surface area contributed by atoms with Gasteiger partial charge in [0, 0.05) is 37.5 Å². The Labute approximate surface area is 593 Å². The third kappa shape index (κ3) is 20.2. The van der Waals surface area contributed by atoms with E-state index in [1.807, 2.05) is 127 Å². The molecule has 0 aliphatic heterocycles.